The molecule has 2 heterocycles. The van der Waals surface area contributed by atoms with Crippen LogP contribution in [0.5, 0.6) is 0 Å². The first-order valence-corrected chi connectivity index (χ1v) is 13.3. The Morgan fingerprint density at radius 3 is 2.20 bits per heavy atom. The van der Waals surface area contributed by atoms with Crippen LogP contribution in [-0.2, 0) is 52.4 Å². The SMILES string of the molecule is CC(=O)OCC1=CC2OC(=O)C(C)C2(O)C(OC(C)=O)C2C3(CCC(OC(C)=O)C2(C)C(OC(C)=O)C=C1)CO3. The van der Waals surface area contributed by atoms with Crippen molar-refractivity contribution in [3.05, 3.63) is 23.8 Å². The Morgan fingerprint density at radius 1 is 1.02 bits per heavy atom. The number of carbonyl (C=O) groups excluding carboxylic acids is 5. The van der Waals surface area contributed by atoms with Gasteiger partial charge < -0.3 is 33.5 Å². The molecule has 2 aliphatic heterocycles. The lowest BCUT2D eigenvalue weighted by Gasteiger charge is -2.56. The summed E-state index contributed by atoms with van der Waals surface area (Å²) in [6, 6.07) is 0. The fourth-order valence-corrected chi connectivity index (χ4v) is 6.61. The number of aliphatic hydroxyl groups is 1. The van der Waals surface area contributed by atoms with E-state index in [1.807, 2.05) is 0 Å². The molecule has 0 aromatic heterocycles. The molecular formula is C28H36O12. The van der Waals surface area contributed by atoms with Gasteiger partial charge in [-0.2, -0.15) is 0 Å². The molecule has 220 valence electrons. The zero-order valence-corrected chi connectivity index (χ0v) is 23.5. The number of hydrogen-bond donors (Lipinski definition) is 1. The number of fused-ring (bicyclic) bond motifs is 3. The molecular weight excluding hydrogens is 528 g/mol. The second-order valence-corrected chi connectivity index (χ2v) is 11.2. The molecule has 12 heteroatoms. The maximum Gasteiger partial charge on any atom is 0.312 e. The van der Waals surface area contributed by atoms with E-state index in [9.17, 15) is 29.1 Å². The maximum absolute atomic E-state index is 13.0. The van der Waals surface area contributed by atoms with Gasteiger partial charge in [0.25, 0.3) is 0 Å². The largest absolute Gasteiger partial charge is 0.462 e. The molecule has 0 bridgehead atoms. The van der Waals surface area contributed by atoms with Gasteiger partial charge >= 0.3 is 29.8 Å². The number of hydrogen-bond acceptors (Lipinski definition) is 12. The third kappa shape index (κ3) is 5.14. The van der Waals surface area contributed by atoms with Crippen molar-refractivity contribution in [2.45, 2.75) is 90.0 Å². The monoisotopic (exact) mass is 564 g/mol. The highest BCUT2D eigenvalue weighted by Crippen LogP contribution is 2.62. The minimum atomic E-state index is -2.13. The van der Waals surface area contributed by atoms with Gasteiger partial charge in [-0.05, 0) is 37.5 Å². The van der Waals surface area contributed by atoms with Crippen LogP contribution in [0.3, 0.4) is 0 Å². The van der Waals surface area contributed by atoms with E-state index < -0.39 is 82.7 Å². The molecule has 0 aromatic carbocycles. The van der Waals surface area contributed by atoms with Crippen molar-refractivity contribution in [1.29, 1.82) is 0 Å². The third-order valence-corrected chi connectivity index (χ3v) is 8.58. The van der Waals surface area contributed by atoms with Crippen LogP contribution >= 0.6 is 0 Å². The summed E-state index contributed by atoms with van der Waals surface area (Å²) in [5, 5.41) is 12.5. The van der Waals surface area contributed by atoms with Crippen molar-refractivity contribution < 1.29 is 57.5 Å². The first-order valence-electron chi connectivity index (χ1n) is 13.3. The predicted octanol–water partition coefficient (Wildman–Crippen LogP) is 1.32. The molecule has 4 aliphatic rings. The topological polar surface area (TPSA) is 164 Å². The molecule has 1 saturated carbocycles. The van der Waals surface area contributed by atoms with E-state index in [0.717, 1.165) is 0 Å². The summed E-state index contributed by atoms with van der Waals surface area (Å²) in [6.07, 6.45) is 0.550. The highest BCUT2D eigenvalue weighted by atomic mass is 16.6. The van der Waals surface area contributed by atoms with E-state index in [4.69, 9.17) is 28.4 Å². The lowest BCUT2D eigenvalue weighted by molar-refractivity contribution is -0.236. The Kier molecular flexibility index (Phi) is 7.89. The molecule has 12 nitrogen and oxygen atoms in total. The summed E-state index contributed by atoms with van der Waals surface area (Å²) < 4.78 is 34.3. The predicted molar refractivity (Wildman–Crippen MR) is 134 cm³/mol. The van der Waals surface area contributed by atoms with Crippen LogP contribution in [-0.4, -0.2) is 83.8 Å². The molecule has 1 N–H and O–H groups in total. The van der Waals surface area contributed by atoms with E-state index in [2.05, 4.69) is 0 Å². The van der Waals surface area contributed by atoms with E-state index >= 15 is 0 Å². The Morgan fingerprint density at radius 2 is 1.65 bits per heavy atom. The molecule has 40 heavy (non-hydrogen) atoms. The number of epoxide rings is 1. The van der Waals surface area contributed by atoms with Crippen molar-refractivity contribution in [3.8, 4) is 0 Å². The van der Waals surface area contributed by atoms with Gasteiger partial charge in [-0.25, -0.2) is 0 Å². The summed E-state index contributed by atoms with van der Waals surface area (Å²) in [6.45, 7) is 8.06. The summed E-state index contributed by atoms with van der Waals surface area (Å²) in [5.41, 5.74) is -4.08. The molecule has 4 rings (SSSR count). The van der Waals surface area contributed by atoms with E-state index in [1.54, 1.807) is 19.1 Å². The average Bonchev–Trinajstić information content (AvgIpc) is 3.58. The van der Waals surface area contributed by atoms with Gasteiger partial charge in [-0.1, -0.05) is 13.0 Å². The molecule has 0 radical (unpaired) electrons. The first kappa shape index (κ1) is 29.7. The van der Waals surface area contributed by atoms with Crippen molar-refractivity contribution in [2.75, 3.05) is 13.2 Å². The smallest absolute Gasteiger partial charge is 0.312 e. The van der Waals surface area contributed by atoms with Crippen molar-refractivity contribution >= 4 is 29.8 Å². The van der Waals surface area contributed by atoms with Crippen LogP contribution in [0.25, 0.3) is 0 Å². The molecule has 2 saturated heterocycles. The van der Waals surface area contributed by atoms with Crippen LogP contribution in [0.15, 0.2) is 23.8 Å². The summed E-state index contributed by atoms with van der Waals surface area (Å²) in [7, 11) is 0. The Balaban J connectivity index is 2.02. The van der Waals surface area contributed by atoms with E-state index in [0.29, 0.717) is 18.4 Å². The Bertz CT molecular complexity index is 1150. The van der Waals surface area contributed by atoms with E-state index in [1.165, 1.54) is 40.7 Å². The van der Waals surface area contributed by atoms with Gasteiger partial charge in [0.2, 0.25) is 0 Å². The molecule has 3 fully saturated rings. The average molecular weight is 565 g/mol. The van der Waals surface area contributed by atoms with Gasteiger partial charge in [0, 0.05) is 33.6 Å². The zero-order valence-electron chi connectivity index (χ0n) is 23.5. The quantitative estimate of drug-likeness (QED) is 0.290. The second kappa shape index (κ2) is 10.6. The summed E-state index contributed by atoms with van der Waals surface area (Å²) >= 11 is 0. The standard InChI is InChI=1S/C28H36O12/c1-14-25(33)40-22-11-19(12-35-15(2)29)7-8-20(37-16(3)30)26(6)21(38-17(4)31)9-10-27(13-36-27)23(26)24(28(14,22)34)39-18(5)32/h7-8,11,14,20-24,34H,9-10,12-13H2,1-6H3. The normalized spacial score (nSPS) is 40.1. The zero-order chi connectivity index (χ0) is 29.6. The fraction of sp³-hybridized carbons (Fsp3) is 0.679. The Labute approximate surface area is 231 Å². The van der Waals surface area contributed by atoms with Crippen molar-refractivity contribution in [1.82, 2.24) is 0 Å². The van der Waals surface area contributed by atoms with Crippen LogP contribution < -0.4 is 0 Å². The lowest BCUT2D eigenvalue weighted by atomic mass is 9.53. The van der Waals surface area contributed by atoms with Gasteiger partial charge in [0.05, 0.1) is 23.5 Å². The molecule has 0 aromatic rings. The van der Waals surface area contributed by atoms with Crippen LogP contribution in [0, 0.1) is 17.3 Å². The number of ether oxygens (including phenoxy) is 6. The summed E-state index contributed by atoms with van der Waals surface area (Å²) in [4.78, 5) is 61.8. The lowest BCUT2D eigenvalue weighted by Crippen LogP contribution is -2.69. The third-order valence-electron chi connectivity index (χ3n) is 8.58. The van der Waals surface area contributed by atoms with Crippen LogP contribution in [0.2, 0.25) is 0 Å². The number of carbonyl (C=O) groups is 5. The Hall–Kier alpha value is -3.25. The minimum absolute atomic E-state index is 0.242. The molecule has 0 amide bonds. The van der Waals surface area contributed by atoms with Crippen molar-refractivity contribution in [3.63, 3.8) is 0 Å². The molecule has 1 spiro atoms. The van der Waals surface area contributed by atoms with Gasteiger partial charge in [0.1, 0.15) is 24.9 Å². The first-order chi connectivity index (χ1) is 18.6. The summed E-state index contributed by atoms with van der Waals surface area (Å²) in [5.74, 6) is -5.35. The van der Waals surface area contributed by atoms with Crippen molar-refractivity contribution in [2.24, 2.45) is 17.3 Å². The number of rotatable bonds is 5. The highest BCUT2D eigenvalue weighted by molar-refractivity contribution is 5.78. The van der Waals surface area contributed by atoms with Gasteiger partial charge in [-0.15, -0.1) is 0 Å². The van der Waals surface area contributed by atoms with Crippen LogP contribution in [0.1, 0.15) is 54.4 Å². The molecule has 2 aliphatic carbocycles. The highest BCUT2D eigenvalue weighted by Gasteiger charge is 2.74. The molecule has 9 unspecified atom stereocenters. The van der Waals surface area contributed by atoms with Gasteiger partial charge in [-0.3, -0.25) is 24.0 Å². The van der Waals surface area contributed by atoms with E-state index in [-0.39, 0.29) is 13.2 Å². The maximum atomic E-state index is 13.0. The fourth-order valence-electron chi connectivity index (χ4n) is 6.61. The minimum Gasteiger partial charge on any atom is -0.462 e. The number of esters is 5. The van der Waals surface area contributed by atoms with Gasteiger partial charge in [0.15, 0.2) is 11.7 Å². The van der Waals surface area contributed by atoms with Crippen LogP contribution in [0.4, 0.5) is 0 Å². The second-order valence-electron chi connectivity index (χ2n) is 11.2. The molecule has 9 atom stereocenters.